The van der Waals surface area contributed by atoms with Crippen molar-refractivity contribution in [2.24, 2.45) is 5.73 Å². The van der Waals surface area contributed by atoms with Crippen LogP contribution < -0.4 is 16.4 Å². The summed E-state index contributed by atoms with van der Waals surface area (Å²) in [7, 11) is 0. The quantitative estimate of drug-likeness (QED) is 0.510. The molecular formula is C8H15N3O2. The lowest BCUT2D eigenvalue weighted by molar-refractivity contribution is -0.126. The maximum absolute atomic E-state index is 11.1. The highest BCUT2D eigenvalue weighted by molar-refractivity contribution is 5.87. The molecule has 4 N–H and O–H groups in total. The highest BCUT2D eigenvalue weighted by atomic mass is 16.2. The Kier molecular flexibility index (Phi) is 3.25. The molecule has 0 unspecified atom stereocenters. The predicted octanol–water partition coefficient (Wildman–Crippen LogP) is -1.27. The van der Waals surface area contributed by atoms with Gasteiger partial charge in [-0.25, -0.2) is 0 Å². The molecule has 74 valence electrons. The van der Waals surface area contributed by atoms with E-state index in [0.717, 1.165) is 12.8 Å². The molecule has 2 amide bonds. The van der Waals surface area contributed by atoms with E-state index < -0.39 is 6.04 Å². The Morgan fingerprint density at radius 1 is 1.54 bits per heavy atom. The molecule has 1 atom stereocenters. The van der Waals surface area contributed by atoms with E-state index in [9.17, 15) is 9.59 Å². The highest BCUT2D eigenvalue weighted by Crippen LogP contribution is 2.17. The Morgan fingerprint density at radius 2 is 2.15 bits per heavy atom. The molecule has 0 saturated heterocycles. The maximum Gasteiger partial charge on any atom is 0.239 e. The molecule has 0 aliphatic heterocycles. The summed E-state index contributed by atoms with van der Waals surface area (Å²) < 4.78 is 0. The van der Waals surface area contributed by atoms with Crippen LogP contribution in [0.5, 0.6) is 0 Å². The van der Waals surface area contributed by atoms with Gasteiger partial charge in [0.25, 0.3) is 0 Å². The first-order valence-electron chi connectivity index (χ1n) is 4.42. The van der Waals surface area contributed by atoms with Gasteiger partial charge in [0.1, 0.15) is 0 Å². The highest BCUT2D eigenvalue weighted by Gasteiger charge is 2.23. The van der Waals surface area contributed by atoms with Gasteiger partial charge < -0.3 is 16.4 Å². The number of nitrogens with two attached hydrogens (primary N) is 1. The molecule has 0 heterocycles. The van der Waals surface area contributed by atoms with E-state index in [1.54, 1.807) is 6.92 Å². The van der Waals surface area contributed by atoms with E-state index in [0.29, 0.717) is 6.04 Å². The van der Waals surface area contributed by atoms with Crippen LogP contribution in [0.25, 0.3) is 0 Å². The van der Waals surface area contributed by atoms with Crippen LogP contribution >= 0.6 is 0 Å². The standard InChI is InChI=1S/C8H15N3O2/c1-5(9)8(13)10-4-7(12)11-6-2-3-6/h5-6H,2-4,9H2,1H3,(H,10,13)(H,11,12)/t5-/m0/s1. The Labute approximate surface area is 77.1 Å². The molecular weight excluding hydrogens is 170 g/mol. The van der Waals surface area contributed by atoms with Crippen LogP contribution in [0, 0.1) is 0 Å². The van der Waals surface area contributed by atoms with E-state index in [-0.39, 0.29) is 18.4 Å². The zero-order valence-corrected chi connectivity index (χ0v) is 7.67. The first-order valence-corrected chi connectivity index (χ1v) is 4.42. The number of hydrogen-bond donors (Lipinski definition) is 3. The number of rotatable bonds is 4. The van der Waals surface area contributed by atoms with Gasteiger partial charge in [0.15, 0.2) is 0 Å². The van der Waals surface area contributed by atoms with E-state index in [2.05, 4.69) is 10.6 Å². The molecule has 1 rings (SSSR count). The SMILES string of the molecule is C[C@H](N)C(=O)NCC(=O)NC1CC1. The number of nitrogens with one attached hydrogen (secondary N) is 2. The topological polar surface area (TPSA) is 84.2 Å². The lowest BCUT2D eigenvalue weighted by Crippen LogP contribution is -2.43. The smallest absolute Gasteiger partial charge is 0.239 e. The van der Waals surface area contributed by atoms with Gasteiger partial charge in [-0.2, -0.15) is 0 Å². The third kappa shape index (κ3) is 3.89. The monoisotopic (exact) mass is 185 g/mol. The fraction of sp³-hybridized carbons (Fsp3) is 0.750. The van der Waals surface area contributed by atoms with Crippen LogP contribution in [0.1, 0.15) is 19.8 Å². The minimum atomic E-state index is -0.561. The summed E-state index contributed by atoms with van der Waals surface area (Å²) in [6.07, 6.45) is 2.10. The second-order valence-electron chi connectivity index (χ2n) is 3.35. The van der Waals surface area contributed by atoms with Crippen LogP contribution in [0.4, 0.5) is 0 Å². The summed E-state index contributed by atoms with van der Waals surface area (Å²) in [5.41, 5.74) is 5.29. The van der Waals surface area contributed by atoms with Crippen molar-refractivity contribution in [2.45, 2.75) is 31.8 Å². The lowest BCUT2D eigenvalue weighted by atomic mass is 10.3. The minimum absolute atomic E-state index is 0.0247. The van der Waals surface area contributed by atoms with E-state index in [1.165, 1.54) is 0 Å². The number of carbonyl (C=O) groups is 2. The Morgan fingerprint density at radius 3 is 2.62 bits per heavy atom. The third-order valence-corrected chi connectivity index (χ3v) is 1.78. The summed E-state index contributed by atoms with van der Waals surface area (Å²) in [6.45, 7) is 1.60. The van der Waals surface area contributed by atoms with Crippen LogP contribution in [0.2, 0.25) is 0 Å². The van der Waals surface area contributed by atoms with Gasteiger partial charge in [-0.15, -0.1) is 0 Å². The van der Waals surface area contributed by atoms with Crippen molar-refractivity contribution in [3.8, 4) is 0 Å². The van der Waals surface area contributed by atoms with E-state index in [4.69, 9.17) is 5.73 Å². The summed E-state index contributed by atoms with van der Waals surface area (Å²) in [4.78, 5) is 22.0. The Bertz CT molecular complexity index is 211. The van der Waals surface area contributed by atoms with Crippen molar-refractivity contribution in [2.75, 3.05) is 6.54 Å². The molecule has 0 aromatic rings. The van der Waals surface area contributed by atoms with Crippen molar-refractivity contribution >= 4 is 11.8 Å². The summed E-state index contributed by atoms with van der Waals surface area (Å²) in [5.74, 6) is -0.442. The molecule has 1 aliphatic rings. The summed E-state index contributed by atoms with van der Waals surface area (Å²) >= 11 is 0. The maximum atomic E-state index is 11.1. The molecule has 5 heteroatoms. The first kappa shape index (κ1) is 9.98. The molecule has 0 aromatic carbocycles. The van der Waals surface area contributed by atoms with Gasteiger partial charge in [-0.1, -0.05) is 0 Å². The number of hydrogen-bond acceptors (Lipinski definition) is 3. The molecule has 13 heavy (non-hydrogen) atoms. The average Bonchev–Trinajstić information content (AvgIpc) is 2.83. The number of carbonyl (C=O) groups excluding carboxylic acids is 2. The van der Waals surface area contributed by atoms with Crippen molar-refractivity contribution in [1.82, 2.24) is 10.6 Å². The van der Waals surface area contributed by atoms with Crippen LogP contribution in [0.3, 0.4) is 0 Å². The van der Waals surface area contributed by atoms with Crippen LogP contribution in [-0.4, -0.2) is 30.4 Å². The fourth-order valence-corrected chi connectivity index (χ4v) is 0.835. The zero-order chi connectivity index (χ0) is 9.84. The molecule has 0 bridgehead atoms. The first-order chi connectivity index (χ1) is 6.09. The fourth-order valence-electron chi connectivity index (χ4n) is 0.835. The molecule has 0 radical (unpaired) electrons. The molecule has 5 nitrogen and oxygen atoms in total. The van der Waals surface area contributed by atoms with Crippen LogP contribution in [0.15, 0.2) is 0 Å². The van der Waals surface area contributed by atoms with E-state index in [1.807, 2.05) is 0 Å². The Hall–Kier alpha value is -1.10. The predicted molar refractivity (Wildman–Crippen MR) is 47.8 cm³/mol. The van der Waals surface area contributed by atoms with Crippen molar-refractivity contribution in [1.29, 1.82) is 0 Å². The van der Waals surface area contributed by atoms with E-state index >= 15 is 0 Å². The number of amides is 2. The van der Waals surface area contributed by atoms with Crippen molar-refractivity contribution in [3.05, 3.63) is 0 Å². The summed E-state index contributed by atoms with van der Waals surface area (Å²) in [6, 6.07) is -0.228. The molecule has 1 fully saturated rings. The second-order valence-corrected chi connectivity index (χ2v) is 3.35. The normalized spacial score (nSPS) is 17.7. The second kappa shape index (κ2) is 4.23. The van der Waals surface area contributed by atoms with Gasteiger partial charge in [0.2, 0.25) is 11.8 Å². The van der Waals surface area contributed by atoms with Gasteiger partial charge in [0, 0.05) is 6.04 Å². The van der Waals surface area contributed by atoms with Gasteiger partial charge in [-0.05, 0) is 19.8 Å². The Balaban J connectivity index is 2.09. The van der Waals surface area contributed by atoms with Crippen molar-refractivity contribution in [3.63, 3.8) is 0 Å². The molecule has 0 aromatic heterocycles. The summed E-state index contributed by atoms with van der Waals surface area (Å²) in [5, 5.41) is 5.19. The third-order valence-electron chi connectivity index (χ3n) is 1.78. The minimum Gasteiger partial charge on any atom is -0.352 e. The van der Waals surface area contributed by atoms with Gasteiger partial charge in [0.05, 0.1) is 12.6 Å². The van der Waals surface area contributed by atoms with Gasteiger partial charge in [-0.3, -0.25) is 9.59 Å². The van der Waals surface area contributed by atoms with Crippen molar-refractivity contribution < 1.29 is 9.59 Å². The average molecular weight is 185 g/mol. The lowest BCUT2D eigenvalue weighted by Gasteiger charge is -2.07. The molecule has 0 spiro atoms. The van der Waals surface area contributed by atoms with Crippen LogP contribution in [-0.2, 0) is 9.59 Å². The molecule has 1 saturated carbocycles. The largest absolute Gasteiger partial charge is 0.352 e. The van der Waals surface area contributed by atoms with Gasteiger partial charge >= 0.3 is 0 Å². The zero-order valence-electron chi connectivity index (χ0n) is 7.67. The molecule has 1 aliphatic carbocycles.